The molecule has 1 fully saturated rings. The first kappa shape index (κ1) is 20.3. The van der Waals surface area contributed by atoms with Gasteiger partial charge in [-0.25, -0.2) is 13.2 Å². The Morgan fingerprint density at radius 2 is 1.75 bits per heavy atom. The van der Waals surface area contributed by atoms with Crippen LogP contribution in [0.25, 0.3) is 0 Å². The van der Waals surface area contributed by atoms with Gasteiger partial charge in [-0.1, -0.05) is 48.5 Å². The van der Waals surface area contributed by atoms with Crippen LogP contribution in [0.15, 0.2) is 54.6 Å². The Hall–Kier alpha value is -2.42. The normalized spacial score (nSPS) is 20.6. The van der Waals surface area contributed by atoms with Crippen molar-refractivity contribution in [2.75, 3.05) is 6.61 Å². The Labute approximate surface area is 164 Å². The molecule has 0 spiro atoms. The molecule has 7 nitrogen and oxygen atoms in total. The summed E-state index contributed by atoms with van der Waals surface area (Å²) < 4.78 is 43.7. The molecule has 1 heterocycles. The lowest BCUT2D eigenvalue weighted by Crippen LogP contribution is -2.33. The van der Waals surface area contributed by atoms with Gasteiger partial charge in [0.1, 0.15) is 18.5 Å². The van der Waals surface area contributed by atoms with Crippen LogP contribution in [0, 0.1) is 0 Å². The topological polar surface area (TPSA) is 88.1 Å². The van der Waals surface area contributed by atoms with Gasteiger partial charge in [0.25, 0.3) is 0 Å². The number of hydrogen-bond acceptors (Lipinski definition) is 7. The van der Waals surface area contributed by atoms with Crippen LogP contribution in [0.5, 0.6) is 5.75 Å². The molecule has 2 aromatic rings. The number of esters is 1. The van der Waals surface area contributed by atoms with Gasteiger partial charge in [-0.3, -0.25) is 0 Å². The molecule has 0 radical (unpaired) electrons. The van der Waals surface area contributed by atoms with Gasteiger partial charge in [0.15, 0.2) is 0 Å². The Bertz CT molecular complexity index is 896. The van der Waals surface area contributed by atoms with Gasteiger partial charge in [0.2, 0.25) is 6.10 Å². The number of hydrogen-bond donors (Lipinski definition) is 0. The van der Waals surface area contributed by atoms with Gasteiger partial charge >= 0.3 is 16.4 Å². The molecule has 0 aromatic heterocycles. The summed E-state index contributed by atoms with van der Waals surface area (Å²) in [5, 5.41) is 0. The molecule has 0 amide bonds. The van der Waals surface area contributed by atoms with E-state index in [0.717, 1.165) is 11.1 Å². The fraction of sp³-hybridized carbons (Fsp3) is 0.350. The smallest absolute Gasteiger partial charge is 0.401 e. The maximum atomic E-state index is 12.0. The highest BCUT2D eigenvalue weighted by Crippen LogP contribution is 2.28. The van der Waals surface area contributed by atoms with Crippen LogP contribution in [0.4, 0.5) is 0 Å². The molecule has 150 valence electrons. The summed E-state index contributed by atoms with van der Waals surface area (Å²) in [6.45, 7) is 2.18. The van der Waals surface area contributed by atoms with Crippen LogP contribution in [-0.2, 0) is 41.3 Å². The van der Waals surface area contributed by atoms with Crippen molar-refractivity contribution in [3.63, 3.8) is 0 Å². The molecule has 3 rings (SSSR count). The molecule has 0 bridgehead atoms. The van der Waals surface area contributed by atoms with Crippen molar-refractivity contribution < 1.29 is 31.1 Å². The van der Waals surface area contributed by atoms with Gasteiger partial charge in [-0.05, 0) is 37.0 Å². The Balaban J connectivity index is 1.66. The van der Waals surface area contributed by atoms with E-state index in [1.807, 2.05) is 54.6 Å². The van der Waals surface area contributed by atoms with E-state index in [0.29, 0.717) is 18.8 Å². The highest BCUT2D eigenvalue weighted by atomic mass is 32.3. The first-order valence-electron chi connectivity index (χ1n) is 9.01. The predicted molar refractivity (Wildman–Crippen MR) is 101 cm³/mol. The fourth-order valence-electron chi connectivity index (χ4n) is 2.91. The summed E-state index contributed by atoms with van der Waals surface area (Å²) in [7, 11) is -4.20. The van der Waals surface area contributed by atoms with E-state index >= 15 is 0 Å². The van der Waals surface area contributed by atoms with Crippen molar-refractivity contribution in [3.05, 3.63) is 65.7 Å². The van der Waals surface area contributed by atoms with Gasteiger partial charge < -0.3 is 9.47 Å². The second-order valence-corrected chi connectivity index (χ2v) is 7.43. The molecule has 8 heteroatoms. The molecule has 0 unspecified atom stereocenters. The van der Waals surface area contributed by atoms with E-state index in [1.165, 1.54) is 0 Å². The maximum absolute atomic E-state index is 12.0. The monoisotopic (exact) mass is 406 g/mol. The van der Waals surface area contributed by atoms with Crippen LogP contribution in [0.3, 0.4) is 0 Å². The summed E-state index contributed by atoms with van der Waals surface area (Å²) in [4.78, 5) is 12.0. The first-order valence-corrected chi connectivity index (χ1v) is 10.3. The average molecular weight is 406 g/mol. The van der Waals surface area contributed by atoms with Crippen molar-refractivity contribution in [1.82, 2.24) is 0 Å². The first-order chi connectivity index (χ1) is 13.5. The number of ether oxygens (including phenoxy) is 2. The van der Waals surface area contributed by atoms with Crippen molar-refractivity contribution >= 4 is 16.4 Å². The molecule has 2 aromatic carbocycles. The highest BCUT2D eigenvalue weighted by Gasteiger charge is 2.45. The molecular formula is C20H22O7S. The van der Waals surface area contributed by atoms with E-state index in [4.69, 9.17) is 17.8 Å². The zero-order valence-electron chi connectivity index (χ0n) is 15.4. The van der Waals surface area contributed by atoms with Crippen LogP contribution >= 0.6 is 0 Å². The summed E-state index contributed by atoms with van der Waals surface area (Å²) >= 11 is 0. The molecular weight excluding hydrogens is 384 g/mol. The number of carbonyl (C=O) groups is 1. The second kappa shape index (κ2) is 9.18. The van der Waals surface area contributed by atoms with Gasteiger partial charge in [-0.2, -0.15) is 8.42 Å². The van der Waals surface area contributed by atoms with Crippen molar-refractivity contribution in [2.45, 2.75) is 38.6 Å². The van der Waals surface area contributed by atoms with Gasteiger partial charge in [-0.15, -0.1) is 0 Å². The summed E-state index contributed by atoms with van der Waals surface area (Å²) in [5.41, 5.74) is 1.92. The zero-order chi connectivity index (χ0) is 20.0. The standard InChI is InChI=1S/C20H22O7S/c1-2-24-20(21)19-18(26-28(22,23)27-19)13-12-16-10-6-7-11-17(16)25-14-15-8-4-3-5-9-15/h3-11,18-19H,2,12-14H2,1H3/t18-,19+/m1/s1. The molecule has 28 heavy (non-hydrogen) atoms. The third-order valence-corrected chi connectivity index (χ3v) is 5.15. The van der Waals surface area contributed by atoms with E-state index < -0.39 is 28.6 Å². The highest BCUT2D eigenvalue weighted by molar-refractivity contribution is 7.82. The van der Waals surface area contributed by atoms with Gasteiger partial charge in [0.05, 0.1) is 6.61 Å². The third kappa shape index (κ3) is 5.31. The number of para-hydroxylation sites is 1. The summed E-state index contributed by atoms with van der Waals surface area (Å²) in [6, 6.07) is 17.3. The van der Waals surface area contributed by atoms with Crippen molar-refractivity contribution in [2.24, 2.45) is 0 Å². The molecule has 2 atom stereocenters. The van der Waals surface area contributed by atoms with E-state index in [2.05, 4.69) is 0 Å². The SMILES string of the molecule is CCOC(=O)[C@H]1OS(=O)(=O)O[C@@H]1CCc1ccccc1OCc1ccccc1. The molecule has 1 saturated heterocycles. The largest absolute Gasteiger partial charge is 0.489 e. The minimum absolute atomic E-state index is 0.127. The van der Waals surface area contributed by atoms with Crippen molar-refractivity contribution in [1.29, 1.82) is 0 Å². The predicted octanol–water partition coefficient (Wildman–Crippen LogP) is 2.79. The van der Waals surface area contributed by atoms with Crippen molar-refractivity contribution in [3.8, 4) is 5.75 Å². The zero-order valence-corrected chi connectivity index (χ0v) is 16.3. The van der Waals surface area contributed by atoms with E-state index in [1.54, 1.807) is 6.92 Å². The average Bonchev–Trinajstić information content (AvgIpc) is 3.01. The molecule has 1 aliphatic rings. The van der Waals surface area contributed by atoms with Crippen LogP contribution in [-0.4, -0.2) is 33.2 Å². The minimum atomic E-state index is -4.20. The molecule has 0 aliphatic carbocycles. The molecule has 0 saturated carbocycles. The number of rotatable bonds is 8. The number of aryl methyl sites for hydroxylation is 1. The Kier molecular flexibility index (Phi) is 6.66. The fourth-order valence-corrected chi connectivity index (χ4v) is 3.91. The van der Waals surface area contributed by atoms with Gasteiger partial charge in [0, 0.05) is 0 Å². The second-order valence-electron chi connectivity index (χ2n) is 6.23. The lowest BCUT2D eigenvalue weighted by atomic mass is 10.0. The lowest BCUT2D eigenvalue weighted by molar-refractivity contribution is -0.152. The van der Waals surface area contributed by atoms with Crippen LogP contribution < -0.4 is 4.74 Å². The summed E-state index contributed by atoms with van der Waals surface area (Å²) in [5.74, 6) is -0.0528. The Morgan fingerprint density at radius 1 is 1.04 bits per heavy atom. The molecule has 0 N–H and O–H groups in total. The van der Waals surface area contributed by atoms with E-state index in [9.17, 15) is 13.2 Å². The van der Waals surface area contributed by atoms with Crippen LogP contribution in [0.1, 0.15) is 24.5 Å². The maximum Gasteiger partial charge on any atom is 0.401 e. The lowest BCUT2D eigenvalue weighted by Gasteiger charge is -2.15. The molecule has 1 aliphatic heterocycles. The summed E-state index contributed by atoms with van der Waals surface area (Å²) in [6.07, 6.45) is -1.52. The number of benzene rings is 2. The third-order valence-electron chi connectivity index (χ3n) is 4.23. The quantitative estimate of drug-likeness (QED) is 0.623. The number of carbonyl (C=O) groups excluding carboxylic acids is 1. The van der Waals surface area contributed by atoms with E-state index in [-0.39, 0.29) is 13.0 Å². The Morgan fingerprint density at radius 3 is 2.50 bits per heavy atom. The van der Waals surface area contributed by atoms with Crippen LogP contribution in [0.2, 0.25) is 0 Å². The minimum Gasteiger partial charge on any atom is -0.489 e.